The minimum atomic E-state index is -4.45. The van der Waals surface area contributed by atoms with E-state index in [1.807, 2.05) is 4.72 Å². The summed E-state index contributed by atoms with van der Waals surface area (Å²) in [5.74, 6) is -11.5. The highest BCUT2D eigenvalue weighted by Gasteiger charge is 2.40. The second-order valence-corrected chi connectivity index (χ2v) is 20.7. The molecular weight excluding hydrogens is 1130 g/mol. The Balaban J connectivity index is 0.000000250. The average molecular weight is 1180 g/mol. The van der Waals surface area contributed by atoms with Gasteiger partial charge >= 0.3 is 17.9 Å². The number of anilines is 2. The molecule has 5 heterocycles. The van der Waals surface area contributed by atoms with Gasteiger partial charge in [0.25, 0.3) is 12.9 Å². The van der Waals surface area contributed by atoms with Crippen LogP contribution in [0.1, 0.15) is 103 Å². The third kappa shape index (κ3) is 16.2. The number of carbonyl (C=O) groups is 5. The fraction of sp³-hybridized carbons (Fsp3) is 0.320. The Labute approximate surface area is 456 Å². The molecule has 2 aliphatic rings. The lowest BCUT2D eigenvalue weighted by Gasteiger charge is -2.39. The maximum absolute atomic E-state index is 13.7. The van der Waals surface area contributed by atoms with Gasteiger partial charge in [0.2, 0.25) is 31.9 Å². The molecular formula is C50H45F8N9O12S2. The Hall–Kier alpha value is -8.84. The number of alkyl halides is 5. The number of rotatable bonds is 18. The van der Waals surface area contributed by atoms with E-state index in [2.05, 4.69) is 15.0 Å². The molecule has 81 heavy (non-hydrogen) atoms. The average Bonchev–Trinajstić information content (AvgIpc) is 3.54. The number of benzene rings is 2. The van der Waals surface area contributed by atoms with Crippen LogP contribution in [0.15, 0.2) is 66.9 Å². The minimum absolute atomic E-state index is 0.0278. The van der Waals surface area contributed by atoms with Gasteiger partial charge in [0.05, 0.1) is 64.3 Å². The molecule has 31 heteroatoms. The van der Waals surface area contributed by atoms with Gasteiger partial charge in [-0.15, -0.1) is 0 Å². The van der Waals surface area contributed by atoms with Gasteiger partial charge in [0.15, 0.2) is 0 Å². The number of carboxylic acids is 1. The molecule has 3 N–H and O–H groups in total. The predicted octanol–water partition coefficient (Wildman–Crippen LogP) is 6.27. The van der Waals surface area contributed by atoms with Crippen LogP contribution in [-0.4, -0.2) is 106 Å². The highest BCUT2D eigenvalue weighted by atomic mass is 32.2. The zero-order valence-electron chi connectivity index (χ0n) is 42.4. The van der Waals surface area contributed by atoms with Gasteiger partial charge in [0.1, 0.15) is 65.0 Å². The SMILES string of the molecule is CCOC(=O)c1cc(C#N)c(N2CC(C(=O)NS(=O)(=O)Cc3c(F)cccc3F)C2)nc1C(F)F.CCOC(=O)c1cc(C#N)c(N2CC(C(=O)NS(=O)(=O)Cc3ccc(F)c(C)c3)C2)nc1C(F)F.O=C(O)c1cccnc1CF. The van der Waals surface area contributed by atoms with E-state index in [1.54, 1.807) is 16.9 Å². The van der Waals surface area contributed by atoms with Crippen LogP contribution >= 0.6 is 0 Å². The minimum Gasteiger partial charge on any atom is -0.478 e. The van der Waals surface area contributed by atoms with Crippen LogP contribution in [0.3, 0.4) is 0 Å². The Kier molecular flexibility index (Phi) is 21.3. The van der Waals surface area contributed by atoms with Crippen molar-refractivity contribution in [3.63, 3.8) is 0 Å². The molecule has 0 aliphatic carbocycles. The van der Waals surface area contributed by atoms with Crippen LogP contribution in [0.25, 0.3) is 0 Å². The summed E-state index contributed by atoms with van der Waals surface area (Å²) in [6.45, 7) is 2.94. The number of hydrogen-bond donors (Lipinski definition) is 3. The number of carbonyl (C=O) groups excluding carboxylic acids is 4. The van der Waals surface area contributed by atoms with Crippen LogP contribution in [0.5, 0.6) is 0 Å². The van der Waals surface area contributed by atoms with E-state index in [0.717, 1.165) is 36.4 Å². The third-order valence-electron chi connectivity index (χ3n) is 11.5. The monoisotopic (exact) mass is 1180 g/mol. The van der Waals surface area contributed by atoms with Gasteiger partial charge < -0.3 is 24.4 Å². The molecule has 0 radical (unpaired) electrons. The molecule has 0 saturated carbocycles. The summed E-state index contributed by atoms with van der Waals surface area (Å²) < 4.78 is 169. The summed E-state index contributed by atoms with van der Waals surface area (Å²) in [7, 11) is -8.53. The van der Waals surface area contributed by atoms with E-state index in [0.29, 0.717) is 5.56 Å². The predicted molar refractivity (Wildman–Crippen MR) is 266 cm³/mol. The molecule has 2 aliphatic heterocycles. The fourth-order valence-electron chi connectivity index (χ4n) is 7.55. The first-order valence-corrected chi connectivity index (χ1v) is 26.8. The number of halogens is 8. The summed E-state index contributed by atoms with van der Waals surface area (Å²) in [4.78, 5) is 72.8. The molecule has 21 nitrogen and oxygen atoms in total. The maximum Gasteiger partial charge on any atom is 0.340 e. The molecule has 5 aromatic rings. The van der Waals surface area contributed by atoms with E-state index < -0.39 is 138 Å². The number of aryl methyl sites for hydroxylation is 1. The molecule has 0 bridgehead atoms. The van der Waals surface area contributed by atoms with Gasteiger partial charge in [0, 0.05) is 37.9 Å². The summed E-state index contributed by atoms with van der Waals surface area (Å²) in [5.41, 5.74) is -3.53. The Bertz CT molecular complexity index is 3520. The number of esters is 2. The second-order valence-electron chi connectivity index (χ2n) is 17.2. The number of carboxylic acid groups (broad SMARTS) is 1. The summed E-state index contributed by atoms with van der Waals surface area (Å²) in [6, 6.07) is 14.8. The topological polar surface area (TPSA) is 309 Å². The number of amides is 2. The first-order chi connectivity index (χ1) is 38.2. The van der Waals surface area contributed by atoms with E-state index in [4.69, 9.17) is 14.6 Å². The van der Waals surface area contributed by atoms with Crippen molar-refractivity contribution >= 4 is 61.4 Å². The van der Waals surface area contributed by atoms with E-state index >= 15 is 0 Å². The normalized spacial score (nSPS) is 13.2. The number of nitrogens with zero attached hydrogens (tertiary/aromatic N) is 7. The zero-order valence-corrected chi connectivity index (χ0v) is 44.1. The largest absolute Gasteiger partial charge is 0.478 e. The smallest absolute Gasteiger partial charge is 0.340 e. The van der Waals surface area contributed by atoms with Crippen LogP contribution in [0.4, 0.5) is 46.8 Å². The number of ether oxygens (including phenoxy) is 2. The highest BCUT2D eigenvalue weighted by Crippen LogP contribution is 2.34. The van der Waals surface area contributed by atoms with Crippen molar-refractivity contribution in [3.05, 3.63) is 146 Å². The number of sulfonamides is 2. The van der Waals surface area contributed by atoms with Gasteiger partial charge in [-0.25, -0.2) is 76.3 Å². The van der Waals surface area contributed by atoms with Crippen molar-refractivity contribution in [2.24, 2.45) is 11.8 Å². The van der Waals surface area contributed by atoms with Gasteiger partial charge in [-0.1, -0.05) is 18.2 Å². The van der Waals surface area contributed by atoms with Crippen LogP contribution < -0.4 is 19.2 Å². The molecule has 2 saturated heterocycles. The maximum atomic E-state index is 13.7. The Morgan fingerprint density at radius 3 is 1.53 bits per heavy atom. The number of aromatic carboxylic acids is 1. The second kappa shape index (κ2) is 27.4. The van der Waals surface area contributed by atoms with Crippen molar-refractivity contribution in [1.29, 1.82) is 10.5 Å². The van der Waals surface area contributed by atoms with E-state index in [9.17, 15) is 86.5 Å². The standard InChI is InChI=1S/C22H21F3N4O5S.C21H18F4N4O5S.C7H6FNO2/c1-3-34-22(31)16-7-14(8-26)20(27-18(16)19(24)25)29-9-15(10-29)21(30)28-35(32,33)11-13-4-5-17(23)12(2)6-13;1-2-34-21(31)13-6-11(7-26)19(27-17(13)18(24)25)29-8-12(9-29)20(30)28-35(32,33)10-14-15(22)4-3-5-16(14)23;8-4-6-5(7(10)11)2-1-3-9-6/h4-7,15,19H,3,9-11H2,1-2H3,(H,28,30);3-6,12,18H,2,8-10H2,1H3,(H,28,30);1-3H,4H2,(H,10,11). The molecule has 3 aromatic heterocycles. The van der Waals surface area contributed by atoms with Crippen molar-refractivity contribution in [2.75, 3.05) is 49.2 Å². The summed E-state index contributed by atoms with van der Waals surface area (Å²) in [5, 5.41) is 27.3. The zero-order chi connectivity index (χ0) is 60.1. The molecule has 0 atom stereocenters. The van der Waals surface area contributed by atoms with Crippen LogP contribution in [0.2, 0.25) is 0 Å². The van der Waals surface area contributed by atoms with E-state index in [-0.39, 0.29) is 79.0 Å². The molecule has 2 aromatic carbocycles. The number of hydrogen-bond acceptors (Lipinski definition) is 18. The number of nitrogens with one attached hydrogen (secondary N) is 2. The highest BCUT2D eigenvalue weighted by molar-refractivity contribution is 7.89. The van der Waals surface area contributed by atoms with Gasteiger partial charge in [-0.05, 0) is 74.4 Å². The number of nitriles is 2. The third-order valence-corrected chi connectivity index (χ3v) is 14.0. The summed E-state index contributed by atoms with van der Waals surface area (Å²) >= 11 is 0. The van der Waals surface area contributed by atoms with Crippen molar-refractivity contribution in [1.82, 2.24) is 24.4 Å². The van der Waals surface area contributed by atoms with Crippen molar-refractivity contribution in [2.45, 2.75) is 51.8 Å². The molecule has 0 unspecified atom stereocenters. The quantitative estimate of drug-likeness (QED) is 0.0642. The first kappa shape index (κ1) is 63.0. The van der Waals surface area contributed by atoms with Gasteiger partial charge in [-0.3, -0.25) is 24.0 Å². The Morgan fingerprint density at radius 1 is 0.691 bits per heavy atom. The fourth-order valence-corrected chi connectivity index (χ4v) is 9.92. The van der Waals surface area contributed by atoms with Gasteiger partial charge in [-0.2, -0.15) is 10.5 Å². The molecule has 2 fully saturated rings. The van der Waals surface area contributed by atoms with E-state index in [1.165, 1.54) is 61.0 Å². The van der Waals surface area contributed by atoms with Crippen molar-refractivity contribution in [3.8, 4) is 12.1 Å². The number of aromatic nitrogens is 3. The van der Waals surface area contributed by atoms with Crippen molar-refractivity contribution < 1.29 is 90.5 Å². The lowest BCUT2D eigenvalue weighted by Crippen LogP contribution is -2.55. The van der Waals surface area contributed by atoms with Crippen LogP contribution in [0, 0.1) is 58.9 Å². The molecule has 430 valence electrons. The molecule has 7 rings (SSSR count). The number of pyridine rings is 3. The van der Waals surface area contributed by atoms with Crippen LogP contribution in [-0.2, 0) is 57.3 Å². The lowest BCUT2D eigenvalue weighted by molar-refractivity contribution is -0.124. The Morgan fingerprint density at radius 2 is 1.15 bits per heavy atom. The first-order valence-electron chi connectivity index (χ1n) is 23.5. The molecule has 0 spiro atoms. The molecule has 2 amide bonds. The lowest BCUT2D eigenvalue weighted by atomic mass is 9.98. The summed E-state index contributed by atoms with van der Waals surface area (Å²) in [6.07, 6.45) is -4.92.